The number of piperidine rings is 1. The molecule has 3 rings (SSSR count). The van der Waals surface area contributed by atoms with E-state index in [0.29, 0.717) is 6.04 Å². The Labute approximate surface area is 123 Å². The molecule has 0 spiro atoms. The van der Waals surface area contributed by atoms with E-state index in [1.165, 1.54) is 48.9 Å². The molecule has 0 saturated carbocycles. The highest BCUT2D eigenvalue weighted by molar-refractivity contribution is 5.56. The third-order valence-electron chi connectivity index (χ3n) is 5.18. The van der Waals surface area contributed by atoms with Gasteiger partial charge in [0.15, 0.2) is 0 Å². The molecule has 0 radical (unpaired) electrons. The first-order valence-corrected chi connectivity index (χ1v) is 8.28. The fraction of sp³-hybridized carbons (Fsp3) is 0.667. The van der Waals surface area contributed by atoms with Crippen molar-refractivity contribution in [2.45, 2.75) is 71.0 Å². The molecule has 1 fully saturated rings. The third-order valence-corrected chi connectivity index (χ3v) is 5.18. The summed E-state index contributed by atoms with van der Waals surface area (Å²) in [6, 6.07) is 9.13. The Morgan fingerprint density at radius 1 is 1.25 bits per heavy atom. The van der Waals surface area contributed by atoms with Crippen molar-refractivity contribution in [2.24, 2.45) is 0 Å². The standard InChI is InChI=1S/C18H28N2/c1-13-5-4-6-14(2)20(13)15(3)11-16-7-8-18-17(12-16)9-10-19-18/h7-8,12-15,19H,4-6,9-11H2,1-3H3. The van der Waals surface area contributed by atoms with Crippen LogP contribution < -0.4 is 5.32 Å². The summed E-state index contributed by atoms with van der Waals surface area (Å²) in [6.07, 6.45) is 6.50. The normalized spacial score (nSPS) is 27.9. The smallest absolute Gasteiger partial charge is 0.0373 e. The van der Waals surface area contributed by atoms with Gasteiger partial charge >= 0.3 is 0 Å². The maximum atomic E-state index is 3.45. The van der Waals surface area contributed by atoms with E-state index >= 15 is 0 Å². The summed E-state index contributed by atoms with van der Waals surface area (Å²) in [7, 11) is 0. The average Bonchev–Trinajstić information content (AvgIpc) is 2.85. The Balaban J connectivity index is 1.70. The molecule has 2 aliphatic heterocycles. The summed E-state index contributed by atoms with van der Waals surface area (Å²) in [5.41, 5.74) is 4.36. The summed E-state index contributed by atoms with van der Waals surface area (Å²) >= 11 is 0. The Hall–Kier alpha value is -1.02. The predicted octanol–water partition coefficient (Wildman–Crippen LogP) is 3.85. The summed E-state index contributed by atoms with van der Waals surface area (Å²) in [5, 5.41) is 3.45. The third kappa shape index (κ3) is 2.71. The predicted molar refractivity (Wildman–Crippen MR) is 86.4 cm³/mol. The van der Waals surface area contributed by atoms with Crippen LogP contribution in [0.4, 0.5) is 5.69 Å². The van der Waals surface area contributed by atoms with Crippen molar-refractivity contribution in [3.8, 4) is 0 Å². The zero-order chi connectivity index (χ0) is 14.1. The van der Waals surface area contributed by atoms with Crippen LogP contribution in [-0.4, -0.2) is 29.6 Å². The number of rotatable bonds is 3. The molecule has 110 valence electrons. The number of anilines is 1. The van der Waals surface area contributed by atoms with Crippen LogP contribution in [0, 0.1) is 0 Å². The molecule has 2 aliphatic rings. The first kappa shape index (κ1) is 13.9. The monoisotopic (exact) mass is 272 g/mol. The van der Waals surface area contributed by atoms with E-state index in [-0.39, 0.29) is 0 Å². The first-order chi connectivity index (χ1) is 9.65. The average molecular weight is 272 g/mol. The molecule has 0 bridgehead atoms. The van der Waals surface area contributed by atoms with Crippen LogP contribution in [0.1, 0.15) is 51.2 Å². The fourth-order valence-corrected chi connectivity index (χ4v) is 4.24. The van der Waals surface area contributed by atoms with Crippen molar-refractivity contribution >= 4 is 5.69 Å². The number of fused-ring (bicyclic) bond motifs is 1. The number of benzene rings is 1. The molecule has 1 aromatic carbocycles. The van der Waals surface area contributed by atoms with Gasteiger partial charge in [-0.3, -0.25) is 4.90 Å². The topological polar surface area (TPSA) is 15.3 Å². The molecule has 3 unspecified atom stereocenters. The Bertz CT molecular complexity index is 458. The number of hydrogen-bond donors (Lipinski definition) is 1. The lowest BCUT2D eigenvalue weighted by Crippen LogP contribution is -2.49. The number of hydrogen-bond acceptors (Lipinski definition) is 2. The highest BCUT2D eigenvalue weighted by Gasteiger charge is 2.28. The van der Waals surface area contributed by atoms with E-state index < -0.39 is 0 Å². The molecule has 2 heteroatoms. The molecule has 2 nitrogen and oxygen atoms in total. The molecule has 2 heterocycles. The zero-order valence-electron chi connectivity index (χ0n) is 13.2. The molecular formula is C18H28N2. The van der Waals surface area contributed by atoms with Gasteiger partial charge in [0.2, 0.25) is 0 Å². The fourth-order valence-electron chi connectivity index (χ4n) is 4.24. The largest absolute Gasteiger partial charge is 0.384 e. The van der Waals surface area contributed by atoms with Crippen molar-refractivity contribution in [1.82, 2.24) is 4.90 Å². The molecule has 0 aromatic heterocycles. The number of nitrogens with one attached hydrogen (secondary N) is 1. The Morgan fingerprint density at radius 2 is 2.00 bits per heavy atom. The molecular weight excluding hydrogens is 244 g/mol. The van der Waals surface area contributed by atoms with Crippen LogP contribution in [0.3, 0.4) is 0 Å². The van der Waals surface area contributed by atoms with Gasteiger partial charge in [0, 0.05) is 30.4 Å². The van der Waals surface area contributed by atoms with Gasteiger partial charge in [0.1, 0.15) is 0 Å². The minimum atomic E-state index is 0.646. The Kier molecular flexibility index (Phi) is 4.02. The van der Waals surface area contributed by atoms with Gasteiger partial charge in [-0.25, -0.2) is 0 Å². The number of likely N-dealkylation sites (tertiary alicyclic amines) is 1. The lowest BCUT2D eigenvalue weighted by Gasteiger charge is -2.43. The van der Waals surface area contributed by atoms with Gasteiger partial charge < -0.3 is 5.32 Å². The second kappa shape index (κ2) is 5.77. The van der Waals surface area contributed by atoms with Crippen LogP contribution >= 0.6 is 0 Å². The maximum Gasteiger partial charge on any atom is 0.0373 e. The van der Waals surface area contributed by atoms with Gasteiger partial charge in [0.05, 0.1) is 0 Å². The molecule has 3 atom stereocenters. The van der Waals surface area contributed by atoms with Crippen LogP contribution in [0.2, 0.25) is 0 Å². The highest BCUT2D eigenvalue weighted by atomic mass is 15.2. The second-order valence-electron chi connectivity index (χ2n) is 6.80. The minimum absolute atomic E-state index is 0.646. The lowest BCUT2D eigenvalue weighted by atomic mass is 9.93. The summed E-state index contributed by atoms with van der Waals surface area (Å²) in [4.78, 5) is 2.75. The van der Waals surface area contributed by atoms with Gasteiger partial charge in [-0.15, -0.1) is 0 Å². The van der Waals surface area contributed by atoms with Gasteiger partial charge in [-0.1, -0.05) is 18.6 Å². The van der Waals surface area contributed by atoms with E-state index in [0.717, 1.165) is 18.6 Å². The van der Waals surface area contributed by atoms with E-state index in [4.69, 9.17) is 0 Å². The molecule has 1 aromatic rings. The van der Waals surface area contributed by atoms with E-state index in [1.807, 2.05) is 0 Å². The van der Waals surface area contributed by atoms with Crippen LogP contribution in [-0.2, 0) is 12.8 Å². The molecule has 0 amide bonds. The molecule has 20 heavy (non-hydrogen) atoms. The van der Waals surface area contributed by atoms with Crippen LogP contribution in [0.5, 0.6) is 0 Å². The second-order valence-corrected chi connectivity index (χ2v) is 6.80. The highest BCUT2D eigenvalue weighted by Crippen LogP contribution is 2.28. The van der Waals surface area contributed by atoms with Crippen LogP contribution in [0.25, 0.3) is 0 Å². The van der Waals surface area contributed by atoms with Gasteiger partial charge in [-0.05, 0) is 63.6 Å². The van der Waals surface area contributed by atoms with Crippen molar-refractivity contribution in [1.29, 1.82) is 0 Å². The lowest BCUT2D eigenvalue weighted by molar-refractivity contribution is 0.0628. The van der Waals surface area contributed by atoms with Crippen molar-refractivity contribution in [2.75, 3.05) is 11.9 Å². The minimum Gasteiger partial charge on any atom is -0.384 e. The number of nitrogens with zero attached hydrogens (tertiary/aromatic N) is 1. The molecule has 1 N–H and O–H groups in total. The Morgan fingerprint density at radius 3 is 2.75 bits per heavy atom. The first-order valence-electron chi connectivity index (χ1n) is 8.28. The molecule has 1 saturated heterocycles. The van der Waals surface area contributed by atoms with E-state index in [9.17, 15) is 0 Å². The summed E-state index contributed by atoms with van der Waals surface area (Å²) in [5.74, 6) is 0. The van der Waals surface area contributed by atoms with Crippen LogP contribution in [0.15, 0.2) is 18.2 Å². The van der Waals surface area contributed by atoms with E-state index in [1.54, 1.807) is 0 Å². The summed E-state index contributed by atoms with van der Waals surface area (Å²) in [6.45, 7) is 8.32. The quantitative estimate of drug-likeness (QED) is 0.899. The SMILES string of the molecule is CC1CCCC(C)N1C(C)Cc1ccc2c(c1)CCN2. The van der Waals surface area contributed by atoms with Crippen molar-refractivity contribution in [3.05, 3.63) is 29.3 Å². The summed E-state index contributed by atoms with van der Waals surface area (Å²) < 4.78 is 0. The van der Waals surface area contributed by atoms with Crippen molar-refractivity contribution in [3.63, 3.8) is 0 Å². The zero-order valence-corrected chi connectivity index (χ0v) is 13.2. The maximum absolute atomic E-state index is 3.45. The van der Waals surface area contributed by atoms with Crippen molar-refractivity contribution < 1.29 is 0 Å². The van der Waals surface area contributed by atoms with E-state index in [2.05, 4.69) is 49.2 Å². The van der Waals surface area contributed by atoms with Gasteiger partial charge in [0.25, 0.3) is 0 Å². The van der Waals surface area contributed by atoms with Gasteiger partial charge in [-0.2, -0.15) is 0 Å². The molecule has 0 aliphatic carbocycles.